The van der Waals surface area contributed by atoms with Gasteiger partial charge in [0.05, 0.1) is 6.54 Å². The summed E-state index contributed by atoms with van der Waals surface area (Å²) in [7, 11) is 3.06. The highest BCUT2D eigenvalue weighted by Gasteiger charge is 2.35. The Bertz CT molecular complexity index is 241. The lowest BCUT2D eigenvalue weighted by atomic mass is 10.2. The molecule has 0 aliphatic carbocycles. The van der Waals surface area contributed by atoms with Crippen LogP contribution in [0.2, 0.25) is 0 Å². The van der Waals surface area contributed by atoms with Crippen molar-refractivity contribution in [3.8, 4) is 0 Å². The van der Waals surface area contributed by atoms with Crippen LogP contribution in [0.1, 0.15) is 6.92 Å². The van der Waals surface area contributed by atoms with Gasteiger partial charge in [-0.15, -0.1) is 0 Å². The molecule has 1 amide bonds. The minimum absolute atomic E-state index is 0.126. The summed E-state index contributed by atoms with van der Waals surface area (Å²) in [5, 5.41) is 2.63. The topological polar surface area (TPSA) is 56.8 Å². The Morgan fingerprint density at radius 1 is 1.64 bits per heavy atom. The predicted octanol–water partition coefficient (Wildman–Crippen LogP) is 0.0241. The van der Waals surface area contributed by atoms with Crippen molar-refractivity contribution in [2.45, 2.75) is 19.0 Å². The first-order chi connectivity index (χ1) is 6.62. The summed E-state index contributed by atoms with van der Waals surface area (Å²) < 4.78 is 15.6. The molecule has 5 heteroatoms. The zero-order valence-electron chi connectivity index (χ0n) is 8.57. The molecule has 5 nitrogen and oxygen atoms in total. The van der Waals surface area contributed by atoms with Gasteiger partial charge >= 0.3 is 0 Å². The van der Waals surface area contributed by atoms with E-state index in [9.17, 15) is 4.79 Å². The van der Waals surface area contributed by atoms with E-state index in [1.165, 1.54) is 14.0 Å². The molecule has 0 fully saturated rings. The second-order valence-electron chi connectivity index (χ2n) is 3.01. The number of ether oxygens (including phenoxy) is 3. The maximum Gasteiger partial charge on any atom is 0.217 e. The fraction of sp³-hybridized carbons (Fsp3) is 0.667. The van der Waals surface area contributed by atoms with Crippen molar-refractivity contribution < 1.29 is 19.0 Å². The molecule has 0 unspecified atom stereocenters. The second-order valence-corrected chi connectivity index (χ2v) is 3.01. The van der Waals surface area contributed by atoms with Crippen molar-refractivity contribution in [3.05, 3.63) is 12.2 Å². The molecule has 0 saturated heterocycles. The van der Waals surface area contributed by atoms with Crippen LogP contribution >= 0.6 is 0 Å². The van der Waals surface area contributed by atoms with Crippen LogP contribution in [0.3, 0.4) is 0 Å². The molecule has 0 aromatic heterocycles. The van der Waals surface area contributed by atoms with Gasteiger partial charge in [-0.1, -0.05) is 0 Å². The van der Waals surface area contributed by atoms with Crippen LogP contribution in [0.5, 0.6) is 0 Å². The van der Waals surface area contributed by atoms with E-state index < -0.39 is 12.1 Å². The number of nitrogens with one attached hydrogen (secondary N) is 1. The standard InChI is InChI=1S/C9H15NO4/c1-7(11)10-6-9(13-3)5-4-8(12-2)14-9/h4-5,8H,6H2,1-3H3,(H,10,11)/t8-,9+/m1/s1. The normalized spacial score (nSPS) is 30.6. The van der Waals surface area contributed by atoms with Gasteiger partial charge in [-0.05, 0) is 12.2 Å². The number of methoxy groups -OCH3 is 2. The average molecular weight is 201 g/mol. The van der Waals surface area contributed by atoms with Crippen molar-refractivity contribution in [3.63, 3.8) is 0 Å². The lowest BCUT2D eigenvalue weighted by Crippen LogP contribution is -2.44. The van der Waals surface area contributed by atoms with E-state index in [2.05, 4.69) is 5.32 Å². The van der Waals surface area contributed by atoms with Crippen LogP contribution in [-0.2, 0) is 19.0 Å². The molecule has 14 heavy (non-hydrogen) atoms. The summed E-state index contributed by atoms with van der Waals surface area (Å²) in [6.45, 7) is 1.71. The summed E-state index contributed by atoms with van der Waals surface area (Å²) >= 11 is 0. The van der Waals surface area contributed by atoms with Crippen molar-refractivity contribution >= 4 is 5.91 Å². The van der Waals surface area contributed by atoms with E-state index in [4.69, 9.17) is 14.2 Å². The smallest absolute Gasteiger partial charge is 0.217 e. The first-order valence-electron chi connectivity index (χ1n) is 4.31. The number of hydrogen-bond acceptors (Lipinski definition) is 4. The van der Waals surface area contributed by atoms with Crippen molar-refractivity contribution in [1.82, 2.24) is 5.32 Å². The minimum atomic E-state index is -0.896. The lowest BCUT2D eigenvalue weighted by molar-refractivity contribution is -0.239. The summed E-state index contributed by atoms with van der Waals surface area (Å²) in [6, 6.07) is 0. The molecule has 0 saturated carbocycles. The Kier molecular flexibility index (Phi) is 3.62. The van der Waals surface area contributed by atoms with Gasteiger partial charge in [0.25, 0.3) is 0 Å². The van der Waals surface area contributed by atoms with Gasteiger partial charge in [-0.25, -0.2) is 0 Å². The van der Waals surface area contributed by atoms with Crippen LogP contribution in [0.25, 0.3) is 0 Å². The predicted molar refractivity (Wildman–Crippen MR) is 49.4 cm³/mol. The minimum Gasteiger partial charge on any atom is -0.352 e. The molecule has 1 aliphatic rings. The third kappa shape index (κ3) is 2.54. The lowest BCUT2D eigenvalue weighted by Gasteiger charge is -2.26. The fourth-order valence-electron chi connectivity index (χ4n) is 1.16. The Hall–Kier alpha value is -0.910. The van der Waals surface area contributed by atoms with E-state index in [1.54, 1.807) is 19.3 Å². The molecule has 0 bridgehead atoms. The van der Waals surface area contributed by atoms with Gasteiger partial charge < -0.3 is 19.5 Å². The molecule has 0 spiro atoms. The number of carbonyl (C=O) groups excluding carboxylic acids is 1. The van der Waals surface area contributed by atoms with Crippen LogP contribution in [-0.4, -0.2) is 38.7 Å². The summed E-state index contributed by atoms with van der Waals surface area (Å²) in [5.41, 5.74) is 0. The van der Waals surface area contributed by atoms with Crippen LogP contribution in [0.4, 0.5) is 0 Å². The number of carbonyl (C=O) groups is 1. The van der Waals surface area contributed by atoms with E-state index in [-0.39, 0.29) is 12.5 Å². The molecular weight excluding hydrogens is 186 g/mol. The highest BCUT2D eigenvalue weighted by molar-refractivity contribution is 5.72. The van der Waals surface area contributed by atoms with Crippen molar-refractivity contribution in [2.24, 2.45) is 0 Å². The third-order valence-corrected chi connectivity index (χ3v) is 1.98. The Labute approximate surface area is 83.0 Å². The Morgan fingerprint density at radius 2 is 2.36 bits per heavy atom. The van der Waals surface area contributed by atoms with Gasteiger partial charge in [-0.3, -0.25) is 4.79 Å². The summed E-state index contributed by atoms with van der Waals surface area (Å²) in [6.07, 6.45) is 3.06. The SMILES string of the molecule is CO[C@H]1C=C[C@](CNC(C)=O)(OC)O1. The molecule has 1 N–H and O–H groups in total. The number of rotatable bonds is 4. The fourth-order valence-corrected chi connectivity index (χ4v) is 1.16. The summed E-state index contributed by atoms with van der Waals surface area (Å²) in [4.78, 5) is 10.7. The van der Waals surface area contributed by atoms with Gasteiger partial charge in [0.1, 0.15) is 0 Å². The average Bonchev–Trinajstić information content (AvgIpc) is 2.59. The maximum absolute atomic E-state index is 10.7. The highest BCUT2D eigenvalue weighted by Crippen LogP contribution is 2.23. The van der Waals surface area contributed by atoms with E-state index in [0.29, 0.717) is 0 Å². The van der Waals surface area contributed by atoms with Crippen LogP contribution in [0, 0.1) is 0 Å². The largest absolute Gasteiger partial charge is 0.352 e. The summed E-state index contributed by atoms with van der Waals surface area (Å²) in [5.74, 6) is -1.02. The zero-order valence-corrected chi connectivity index (χ0v) is 8.57. The van der Waals surface area contributed by atoms with E-state index >= 15 is 0 Å². The molecular formula is C9H15NO4. The second kappa shape index (κ2) is 4.54. The quantitative estimate of drug-likeness (QED) is 0.652. The molecule has 0 radical (unpaired) electrons. The molecule has 2 atom stereocenters. The molecule has 1 aliphatic heterocycles. The number of amides is 1. The molecule has 0 aromatic rings. The molecule has 0 aromatic carbocycles. The number of hydrogen-bond donors (Lipinski definition) is 1. The zero-order chi connectivity index (χ0) is 10.6. The third-order valence-electron chi connectivity index (χ3n) is 1.98. The maximum atomic E-state index is 10.7. The first kappa shape index (κ1) is 11.2. The van der Waals surface area contributed by atoms with Gasteiger partial charge in [0, 0.05) is 21.1 Å². The van der Waals surface area contributed by atoms with E-state index in [0.717, 1.165) is 0 Å². The van der Waals surface area contributed by atoms with Gasteiger partial charge in [0.15, 0.2) is 6.29 Å². The molecule has 80 valence electrons. The van der Waals surface area contributed by atoms with Crippen LogP contribution in [0.15, 0.2) is 12.2 Å². The molecule has 1 rings (SSSR count). The van der Waals surface area contributed by atoms with Crippen molar-refractivity contribution in [2.75, 3.05) is 20.8 Å². The monoisotopic (exact) mass is 201 g/mol. The molecule has 1 heterocycles. The highest BCUT2D eigenvalue weighted by atomic mass is 16.8. The van der Waals surface area contributed by atoms with Crippen LogP contribution < -0.4 is 5.32 Å². The van der Waals surface area contributed by atoms with Gasteiger partial charge in [0.2, 0.25) is 11.7 Å². The van der Waals surface area contributed by atoms with E-state index in [1.807, 2.05) is 0 Å². The van der Waals surface area contributed by atoms with Gasteiger partial charge in [-0.2, -0.15) is 0 Å². The van der Waals surface area contributed by atoms with Crippen molar-refractivity contribution in [1.29, 1.82) is 0 Å². The Morgan fingerprint density at radius 3 is 2.79 bits per heavy atom. The Balaban J connectivity index is 2.52. The first-order valence-corrected chi connectivity index (χ1v) is 4.31.